The van der Waals surface area contributed by atoms with Crippen LogP contribution in [0.5, 0.6) is 0 Å². The van der Waals surface area contributed by atoms with Crippen molar-refractivity contribution < 1.29 is 9.21 Å². The van der Waals surface area contributed by atoms with Crippen molar-refractivity contribution >= 4 is 16.8 Å². The fourth-order valence-electron chi connectivity index (χ4n) is 2.51. The molecule has 2 N–H and O–H groups in total. The molecular weight excluding hydrogens is 240 g/mol. The quantitative estimate of drug-likeness (QED) is 0.856. The van der Waals surface area contributed by atoms with Gasteiger partial charge in [-0.3, -0.25) is 9.69 Å². The second-order valence-corrected chi connectivity index (χ2v) is 5.19. The topological polar surface area (TPSA) is 59.5 Å². The molecule has 0 atom stereocenters. The van der Waals surface area contributed by atoms with Crippen molar-refractivity contribution in [2.45, 2.75) is 18.9 Å². The van der Waals surface area contributed by atoms with Crippen LogP contribution < -0.4 is 5.73 Å². The first-order chi connectivity index (χ1) is 9.22. The van der Waals surface area contributed by atoms with E-state index < -0.39 is 0 Å². The zero-order valence-corrected chi connectivity index (χ0v) is 10.8. The Bertz CT molecular complexity index is 550. The van der Waals surface area contributed by atoms with Gasteiger partial charge >= 0.3 is 0 Å². The Labute approximate surface area is 112 Å². The van der Waals surface area contributed by atoms with E-state index in [9.17, 15) is 4.79 Å². The Hall–Kier alpha value is -1.65. The van der Waals surface area contributed by atoms with E-state index >= 15 is 0 Å². The number of ketones is 1. The lowest BCUT2D eigenvalue weighted by atomic mass is 10.1. The monoisotopic (exact) mass is 258 g/mol. The van der Waals surface area contributed by atoms with E-state index in [0.717, 1.165) is 36.9 Å². The van der Waals surface area contributed by atoms with Crippen molar-refractivity contribution in [3.05, 3.63) is 36.1 Å². The number of carbonyl (C=O) groups excluding carboxylic acids is 1. The molecule has 0 bridgehead atoms. The maximum absolute atomic E-state index is 12.2. The van der Waals surface area contributed by atoms with Gasteiger partial charge in [0.2, 0.25) is 5.78 Å². The van der Waals surface area contributed by atoms with Gasteiger partial charge in [-0.15, -0.1) is 0 Å². The molecule has 1 saturated heterocycles. The number of nitrogens with zero attached hydrogens (tertiary/aromatic N) is 1. The highest BCUT2D eigenvalue weighted by atomic mass is 16.3. The van der Waals surface area contributed by atoms with E-state index in [4.69, 9.17) is 10.2 Å². The smallest absolute Gasteiger partial charge is 0.211 e. The molecule has 0 amide bonds. The van der Waals surface area contributed by atoms with E-state index in [0.29, 0.717) is 12.3 Å². The molecule has 100 valence electrons. The number of nitrogens with two attached hydrogens (primary N) is 1. The van der Waals surface area contributed by atoms with Crippen molar-refractivity contribution in [2.75, 3.05) is 19.6 Å². The van der Waals surface area contributed by atoms with Crippen molar-refractivity contribution in [3.8, 4) is 0 Å². The first kappa shape index (κ1) is 12.4. The van der Waals surface area contributed by atoms with E-state index in [2.05, 4.69) is 4.90 Å². The highest BCUT2D eigenvalue weighted by molar-refractivity contribution is 5.98. The molecule has 1 aliphatic rings. The largest absolute Gasteiger partial charge is 0.453 e. The van der Waals surface area contributed by atoms with Gasteiger partial charge in [-0.25, -0.2) is 0 Å². The van der Waals surface area contributed by atoms with Crippen LogP contribution in [-0.2, 0) is 0 Å². The summed E-state index contributed by atoms with van der Waals surface area (Å²) in [6.45, 7) is 2.22. The average molecular weight is 258 g/mol. The summed E-state index contributed by atoms with van der Waals surface area (Å²) in [5.74, 6) is 0.503. The summed E-state index contributed by atoms with van der Waals surface area (Å²) < 4.78 is 5.59. The van der Waals surface area contributed by atoms with Crippen molar-refractivity contribution in [2.24, 2.45) is 5.73 Å². The molecule has 1 aliphatic heterocycles. The lowest BCUT2D eigenvalue weighted by molar-refractivity contribution is 0.0884. The van der Waals surface area contributed by atoms with Gasteiger partial charge in [0.25, 0.3) is 0 Å². The van der Waals surface area contributed by atoms with Gasteiger partial charge in [-0.1, -0.05) is 18.2 Å². The minimum absolute atomic E-state index is 0.0478. The number of piperidine rings is 1. The number of rotatable bonds is 3. The minimum Gasteiger partial charge on any atom is -0.453 e. The summed E-state index contributed by atoms with van der Waals surface area (Å²) in [4.78, 5) is 14.3. The van der Waals surface area contributed by atoms with Crippen molar-refractivity contribution in [1.29, 1.82) is 0 Å². The van der Waals surface area contributed by atoms with Crippen LogP contribution in [0.2, 0.25) is 0 Å². The van der Waals surface area contributed by atoms with Crippen molar-refractivity contribution in [3.63, 3.8) is 0 Å². The Morgan fingerprint density at radius 2 is 2.05 bits per heavy atom. The normalized spacial score (nSPS) is 17.9. The Morgan fingerprint density at radius 1 is 1.32 bits per heavy atom. The number of carbonyl (C=O) groups is 1. The van der Waals surface area contributed by atoms with Crippen LogP contribution in [0.1, 0.15) is 23.4 Å². The molecule has 4 heteroatoms. The third-order valence-electron chi connectivity index (χ3n) is 3.70. The third-order valence-corrected chi connectivity index (χ3v) is 3.70. The van der Waals surface area contributed by atoms with Crippen LogP contribution in [-0.4, -0.2) is 36.4 Å². The van der Waals surface area contributed by atoms with Gasteiger partial charge < -0.3 is 10.2 Å². The first-order valence-corrected chi connectivity index (χ1v) is 6.72. The van der Waals surface area contributed by atoms with Crippen LogP contribution >= 0.6 is 0 Å². The maximum Gasteiger partial charge on any atom is 0.211 e. The zero-order valence-electron chi connectivity index (χ0n) is 10.8. The molecule has 0 unspecified atom stereocenters. The summed E-state index contributed by atoms with van der Waals surface area (Å²) in [6, 6.07) is 9.80. The molecule has 0 radical (unpaired) electrons. The van der Waals surface area contributed by atoms with Crippen molar-refractivity contribution in [1.82, 2.24) is 4.90 Å². The minimum atomic E-state index is 0.0478. The average Bonchev–Trinajstić information content (AvgIpc) is 2.85. The van der Waals surface area contributed by atoms with Gasteiger partial charge in [0.1, 0.15) is 5.58 Å². The molecule has 0 spiro atoms. The number of Topliss-reactive ketones (excluding diaryl/α,β-unsaturated/α-hetero) is 1. The van der Waals surface area contributed by atoms with Crippen LogP contribution in [0.3, 0.4) is 0 Å². The SMILES string of the molecule is NC1CCN(CC(=O)c2cc3ccccc3o2)CC1. The molecule has 0 aliphatic carbocycles. The molecule has 1 aromatic carbocycles. The molecule has 1 fully saturated rings. The molecule has 4 nitrogen and oxygen atoms in total. The predicted molar refractivity (Wildman–Crippen MR) is 74.2 cm³/mol. The Balaban J connectivity index is 1.70. The van der Waals surface area contributed by atoms with Crippen LogP contribution in [0.15, 0.2) is 34.7 Å². The van der Waals surface area contributed by atoms with E-state index in [-0.39, 0.29) is 11.8 Å². The molecule has 0 saturated carbocycles. The van der Waals surface area contributed by atoms with Gasteiger partial charge in [-0.05, 0) is 25.0 Å². The summed E-state index contributed by atoms with van der Waals surface area (Å²) in [5, 5.41) is 0.978. The van der Waals surface area contributed by atoms with Crippen LogP contribution in [0, 0.1) is 0 Å². The molecular formula is C15H18N2O2. The highest BCUT2D eigenvalue weighted by Gasteiger charge is 2.20. The summed E-state index contributed by atoms with van der Waals surface area (Å²) in [5.41, 5.74) is 6.63. The summed E-state index contributed by atoms with van der Waals surface area (Å²) in [7, 11) is 0. The number of para-hydroxylation sites is 1. The van der Waals surface area contributed by atoms with E-state index in [1.54, 1.807) is 0 Å². The second-order valence-electron chi connectivity index (χ2n) is 5.19. The number of likely N-dealkylation sites (tertiary alicyclic amines) is 1. The second kappa shape index (κ2) is 5.15. The number of benzene rings is 1. The van der Waals surface area contributed by atoms with Gasteiger partial charge in [-0.2, -0.15) is 0 Å². The molecule has 1 aromatic heterocycles. The number of furan rings is 1. The first-order valence-electron chi connectivity index (χ1n) is 6.72. The van der Waals surface area contributed by atoms with E-state index in [1.165, 1.54) is 0 Å². The van der Waals surface area contributed by atoms with Gasteiger partial charge in [0.05, 0.1) is 6.54 Å². The number of hydrogen-bond acceptors (Lipinski definition) is 4. The lowest BCUT2D eigenvalue weighted by Crippen LogP contribution is -2.41. The third kappa shape index (κ3) is 2.69. The van der Waals surface area contributed by atoms with Crippen LogP contribution in [0.4, 0.5) is 0 Å². The van der Waals surface area contributed by atoms with Gasteiger partial charge in [0, 0.05) is 24.5 Å². The molecule has 2 heterocycles. The molecule has 3 rings (SSSR count). The highest BCUT2D eigenvalue weighted by Crippen LogP contribution is 2.19. The Morgan fingerprint density at radius 3 is 2.79 bits per heavy atom. The number of hydrogen-bond donors (Lipinski definition) is 1. The lowest BCUT2D eigenvalue weighted by Gasteiger charge is -2.29. The summed E-state index contributed by atoms with van der Waals surface area (Å²) in [6.07, 6.45) is 1.93. The fourth-order valence-corrected chi connectivity index (χ4v) is 2.51. The standard InChI is InChI=1S/C15H18N2O2/c16-12-5-7-17(8-6-12)10-13(18)15-9-11-3-1-2-4-14(11)19-15/h1-4,9,12H,5-8,10,16H2. The Kier molecular flexibility index (Phi) is 3.36. The fraction of sp³-hybridized carbons (Fsp3) is 0.400. The number of fused-ring (bicyclic) bond motifs is 1. The maximum atomic E-state index is 12.2. The predicted octanol–water partition coefficient (Wildman–Crippen LogP) is 2.04. The summed E-state index contributed by atoms with van der Waals surface area (Å²) >= 11 is 0. The van der Waals surface area contributed by atoms with Gasteiger partial charge in [0.15, 0.2) is 5.76 Å². The molecule has 2 aromatic rings. The zero-order chi connectivity index (χ0) is 13.2. The molecule has 19 heavy (non-hydrogen) atoms. The van der Waals surface area contributed by atoms with E-state index in [1.807, 2.05) is 30.3 Å². The van der Waals surface area contributed by atoms with Crippen LogP contribution in [0.25, 0.3) is 11.0 Å².